The van der Waals surface area contributed by atoms with Crippen LogP contribution in [-0.4, -0.2) is 35.7 Å². The number of rotatable bonds is 9. The van der Waals surface area contributed by atoms with Crippen LogP contribution in [0.5, 0.6) is 11.8 Å². The van der Waals surface area contributed by atoms with Crippen molar-refractivity contribution in [2.75, 3.05) is 0 Å². The van der Waals surface area contributed by atoms with Gasteiger partial charge in [0.1, 0.15) is 6.04 Å². The number of aromatic nitrogens is 1. The van der Waals surface area contributed by atoms with E-state index in [-0.39, 0.29) is 36.0 Å². The molecule has 1 aromatic carbocycles. The molecule has 0 saturated carbocycles. The van der Waals surface area contributed by atoms with E-state index in [0.29, 0.717) is 18.4 Å². The van der Waals surface area contributed by atoms with Gasteiger partial charge in [0.2, 0.25) is 0 Å². The molecule has 0 amide bonds. The lowest BCUT2D eigenvalue weighted by Gasteiger charge is -2.16. The van der Waals surface area contributed by atoms with E-state index in [2.05, 4.69) is 0 Å². The Labute approximate surface area is 152 Å². The molecule has 0 bridgehead atoms. The lowest BCUT2D eigenvalue weighted by Crippen LogP contribution is -2.18. The van der Waals surface area contributed by atoms with Crippen molar-refractivity contribution < 1.29 is 30.0 Å². The zero-order chi connectivity index (χ0) is 20.1. The number of aliphatic carboxylic acids is 1. The normalized spacial score (nSPS) is 11.9. The topological polar surface area (TPSA) is 169 Å². The van der Waals surface area contributed by atoms with Crippen molar-refractivity contribution in [1.29, 1.82) is 0 Å². The molecule has 0 aliphatic heterocycles. The predicted molar refractivity (Wildman–Crippen MR) is 91.7 cm³/mol. The fourth-order valence-electron chi connectivity index (χ4n) is 2.81. The molecule has 0 spiro atoms. The van der Waals surface area contributed by atoms with Gasteiger partial charge >= 0.3 is 5.97 Å². The van der Waals surface area contributed by atoms with E-state index < -0.39 is 21.9 Å². The molecule has 11 nitrogen and oxygen atoms in total. The summed E-state index contributed by atoms with van der Waals surface area (Å²) in [5, 5.41) is 50.5. The van der Waals surface area contributed by atoms with Gasteiger partial charge in [0.15, 0.2) is 11.8 Å². The predicted octanol–water partition coefficient (Wildman–Crippen LogP) is 2.75. The zero-order valence-electron chi connectivity index (χ0n) is 14.0. The van der Waals surface area contributed by atoms with E-state index in [1.807, 2.05) is 0 Å². The molecule has 1 heterocycles. The summed E-state index contributed by atoms with van der Waals surface area (Å²) in [6, 6.07) is 4.54. The fraction of sp³-hybridized carbons (Fsp3) is 0.312. The number of aryl methyl sites for hydroxylation is 1. The largest absolute Gasteiger partial charge is 0.494 e. The molecule has 0 aliphatic carbocycles. The number of unbranched alkanes of at least 4 members (excludes halogenated alkanes) is 1. The van der Waals surface area contributed by atoms with Gasteiger partial charge in [0, 0.05) is 23.8 Å². The van der Waals surface area contributed by atoms with Crippen molar-refractivity contribution >= 4 is 17.3 Å². The van der Waals surface area contributed by atoms with Gasteiger partial charge in [-0.1, -0.05) is 6.42 Å². The third-order valence-corrected chi connectivity index (χ3v) is 4.12. The number of non-ortho nitro benzene ring substituents is 1. The number of carbonyl (C=O) groups is 1. The van der Waals surface area contributed by atoms with Crippen molar-refractivity contribution in [3.8, 4) is 11.8 Å². The fourth-order valence-corrected chi connectivity index (χ4v) is 2.81. The molecule has 0 aliphatic rings. The van der Waals surface area contributed by atoms with Gasteiger partial charge in [0.05, 0.1) is 15.9 Å². The summed E-state index contributed by atoms with van der Waals surface area (Å²) in [5.41, 5.74) is -0.432. The molecule has 1 unspecified atom stereocenters. The Bertz CT molecular complexity index is 857. The van der Waals surface area contributed by atoms with Crippen LogP contribution < -0.4 is 0 Å². The minimum atomic E-state index is -1.24. The molecule has 1 aromatic heterocycles. The molecular weight excluding hydrogens is 362 g/mol. The van der Waals surface area contributed by atoms with Crippen LogP contribution >= 0.6 is 0 Å². The van der Waals surface area contributed by atoms with Gasteiger partial charge in [0.25, 0.3) is 11.4 Å². The molecule has 2 aromatic rings. The number of hydrogen-bond donors (Lipinski definition) is 3. The van der Waals surface area contributed by atoms with Crippen LogP contribution in [-0.2, 0) is 11.2 Å². The van der Waals surface area contributed by atoms with Crippen molar-refractivity contribution in [3.63, 3.8) is 0 Å². The van der Waals surface area contributed by atoms with Crippen LogP contribution in [0.3, 0.4) is 0 Å². The second-order valence-electron chi connectivity index (χ2n) is 5.85. The number of aromatic hydroxyl groups is 2. The Morgan fingerprint density at radius 2 is 1.67 bits per heavy atom. The van der Waals surface area contributed by atoms with E-state index in [1.54, 1.807) is 0 Å². The summed E-state index contributed by atoms with van der Waals surface area (Å²) >= 11 is 0. The maximum absolute atomic E-state index is 11.4. The summed E-state index contributed by atoms with van der Waals surface area (Å²) in [6.07, 6.45) is 1.02. The van der Waals surface area contributed by atoms with Crippen LogP contribution in [0.1, 0.15) is 30.9 Å². The quantitative estimate of drug-likeness (QED) is 0.339. The Morgan fingerprint density at radius 3 is 2.19 bits per heavy atom. The maximum atomic E-state index is 11.4. The Hall–Kier alpha value is -3.63. The Kier molecular flexibility index (Phi) is 5.96. The smallest absolute Gasteiger partial charge is 0.326 e. The lowest BCUT2D eigenvalue weighted by atomic mass is 10.0. The third-order valence-electron chi connectivity index (χ3n) is 4.12. The summed E-state index contributed by atoms with van der Waals surface area (Å²) in [7, 11) is 0. The first kappa shape index (κ1) is 19.7. The first-order valence-electron chi connectivity index (χ1n) is 7.96. The SMILES string of the molecule is O=C(O)C(CCCCc1ccc([N+](=O)[O-])cc1[N+](=O)[O-])n1c(O)ccc1O. The van der Waals surface area contributed by atoms with Gasteiger partial charge in [-0.15, -0.1) is 0 Å². The number of hydrogen-bond acceptors (Lipinski definition) is 7. The zero-order valence-corrected chi connectivity index (χ0v) is 14.0. The van der Waals surface area contributed by atoms with E-state index in [9.17, 15) is 40.3 Å². The van der Waals surface area contributed by atoms with Gasteiger partial charge in [-0.25, -0.2) is 4.79 Å². The van der Waals surface area contributed by atoms with E-state index >= 15 is 0 Å². The van der Waals surface area contributed by atoms with E-state index in [1.165, 1.54) is 24.3 Å². The number of nitro groups is 2. The minimum absolute atomic E-state index is 0.0753. The first-order valence-corrected chi connectivity index (χ1v) is 7.96. The maximum Gasteiger partial charge on any atom is 0.326 e. The third kappa shape index (κ3) is 4.51. The highest BCUT2D eigenvalue weighted by atomic mass is 16.6. The molecule has 2 rings (SSSR count). The van der Waals surface area contributed by atoms with Crippen molar-refractivity contribution in [2.24, 2.45) is 0 Å². The summed E-state index contributed by atoms with van der Waals surface area (Å²) in [4.78, 5) is 31.8. The summed E-state index contributed by atoms with van der Waals surface area (Å²) < 4.78 is 0.886. The highest BCUT2D eigenvalue weighted by molar-refractivity contribution is 5.72. The van der Waals surface area contributed by atoms with Crippen molar-refractivity contribution in [3.05, 3.63) is 56.1 Å². The van der Waals surface area contributed by atoms with Gasteiger partial charge < -0.3 is 15.3 Å². The minimum Gasteiger partial charge on any atom is -0.494 e. The molecule has 144 valence electrons. The standard InChI is InChI=1S/C16H17N3O8/c20-14-7-8-15(21)17(14)12(16(22)23)4-2-1-3-10-5-6-11(18(24)25)9-13(10)19(26)27/h5-9,12,20-21H,1-4H2,(H,22,23). The molecule has 0 radical (unpaired) electrons. The average Bonchev–Trinajstić information content (AvgIpc) is 2.93. The number of carboxylic acids is 1. The molecular formula is C16H17N3O8. The molecule has 0 fully saturated rings. The van der Waals surface area contributed by atoms with Crippen LogP contribution in [0.25, 0.3) is 0 Å². The van der Waals surface area contributed by atoms with E-state index in [0.717, 1.165) is 10.6 Å². The molecule has 3 N–H and O–H groups in total. The average molecular weight is 379 g/mol. The number of carboxylic acid groups (broad SMARTS) is 1. The number of benzene rings is 1. The summed E-state index contributed by atoms with van der Waals surface area (Å²) in [5.74, 6) is -2.00. The van der Waals surface area contributed by atoms with Crippen LogP contribution in [0.2, 0.25) is 0 Å². The van der Waals surface area contributed by atoms with Crippen LogP contribution in [0.15, 0.2) is 30.3 Å². The van der Waals surface area contributed by atoms with E-state index in [4.69, 9.17) is 0 Å². The van der Waals surface area contributed by atoms with Crippen LogP contribution in [0.4, 0.5) is 11.4 Å². The van der Waals surface area contributed by atoms with Crippen molar-refractivity contribution in [1.82, 2.24) is 4.57 Å². The van der Waals surface area contributed by atoms with Gasteiger partial charge in [-0.2, -0.15) is 0 Å². The molecule has 27 heavy (non-hydrogen) atoms. The highest BCUT2D eigenvalue weighted by Gasteiger charge is 2.24. The van der Waals surface area contributed by atoms with Gasteiger partial charge in [-0.3, -0.25) is 24.8 Å². The van der Waals surface area contributed by atoms with Crippen LogP contribution in [0, 0.1) is 20.2 Å². The number of nitrogens with zero attached hydrogens (tertiary/aromatic N) is 3. The summed E-state index contributed by atoms with van der Waals surface area (Å²) in [6.45, 7) is 0. The van der Waals surface area contributed by atoms with Crippen molar-refractivity contribution in [2.45, 2.75) is 31.7 Å². The second-order valence-corrected chi connectivity index (χ2v) is 5.85. The monoisotopic (exact) mass is 379 g/mol. The highest BCUT2D eigenvalue weighted by Crippen LogP contribution is 2.31. The molecule has 1 atom stereocenters. The second kappa shape index (κ2) is 8.17. The molecule has 11 heteroatoms. The Morgan fingerprint density at radius 1 is 1.04 bits per heavy atom. The first-order chi connectivity index (χ1) is 12.7. The number of nitro benzene ring substituents is 2. The van der Waals surface area contributed by atoms with Gasteiger partial charge in [-0.05, 0) is 25.3 Å². The Balaban J connectivity index is 2.04. The molecule has 0 saturated heterocycles. The lowest BCUT2D eigenvalue weighted by molar-refractivity contribution is -0.394.